The second kappa shape index (κ2) is 4.80. The minimum atomic E-state index is -0.609. The van der Waals surface area contributed by atoms with Crippen molar-refractivity contribution in [2.24, 2.45) is 0 Å². The number of nitrogens with zero attached hydrogens (tertiary/aromatic N) is 1. The molecule has 5 heteroatoms. The third kappa shape index (κ3) is 3.48. The first-order valence-electron chi connectivity index (χ1n) is 6.66. The van der Waals surface area contributed by atoms with Crippen LogP contribution in [0, 0.1) is 0 Å². The van der Waals surface area contributed by atoms with Gasteiger partial charge in [0.2, 0.25) is 0 Å². The predicted molar refractivity (Wildman–Crippen MR) is 70.8 cm³/mol. The molecule has 0 radical (unpaired) electrons. The molecule has 2 aliphatic rings. The number of rotatable bonds is 0. The summed E-state index contributed by atoms with van der Waals surface area (Å²) in [5, 5.41) is 0. The quantitative estimate of drug-likeness (QED) is 0.633. The Balaban J connectivity index is 2.08. The fourth-order valence-corrected chi connectivity index (χ4v) is 2.23. The van der Waals surface area contributed by atoms with Crippen LogP contribution in [0.2, 0.25) is 0 Å². The molecule has 0 unspecified atom stereocenters. The molecule has 0 saturated carbocycles. The summed E-state index contributed by atoms with van der Waals surface area (Å²) >= 11 is 0. The minimum absolute atomic E-state index is 0.118. The topological polar surface area (TPSA) is 48.0 Å². The predicted octanol–water partition coefficient (Wildman–Crippen LogP) is 2.31. The second-order valence-corrected chi connectivity index (χ2v) is 6.42. The van der Waals surface area contributed by atoms with Crippen LogP contribution in [-0.2, 0) is 14.2 Å². The van der Waals surface area contributed by atoms with E-state index in [1.807, 2.05) is 46.8 Å². The lowest BCUT2D eigenvalue weighted by molar-refractivity contribution is -0.282. The molecule has 2 rings (SSSR count). The summed E-state index contributed by atoms with van der Waals surface area (Å²) < 4.78 is 16.9. The van der Waals surface area contributed by atoms with Crippen molar-refractivity contribution in [3.63, 3.8) is 0 Å². The Labute approximate surface area is 114 Å². The maximum Gasteiger partial charge on any atom is 0.411 e. The van der Waals surface area contributed by atoms with Crippen molar-refractivity contribution in [3.8, 4) is 0 Å². The maximum absolute atomic E-state index is 12.2. The van der Waals surface area contributed by atoms with E-state index in [1.165, 1.54) is 0 Å². The molecule has 0 aromatic carbocycles. The Kier molecular flexibility index (Phi) is 3.62. The van der Waals surface area contributed by atoms with E-state index in [0.717, 1.165) is 0 Å². The summed E-state index contributed by atoms with van der Waals surface area (Å²) in [5.74, 6) is -0.609. The molecule has 0 spiro atoms. The summed E-state index contributed by atoms with van der Waals surface area (Å²) in [6.07, 6.45) is 3.48. The van der Waals surface area contributed by atoms with Gasteiger partial charge in [0.1, 0.15) is 11.7 Å². The first-order valence-corrected chi connectivity index (χ1v) is 6.66. The SMILES string of the molecule is CC(C)(C)OC(=O)N1CC=C[C@H]2OC(C)(C)OC[C@@H]21. The van der Waals surface area contributed by atoms with Crippen LogP contribution < -0.4 is 0 Å². The average Bonchev–Trinajstić information content (AvgIpc) is 2.24. The minimum Gasteiger partial charge on any atom is -0.444 e. The highest BCUT2D eigenvalue weighted by atomic mass is 16.7. The molecule has 1 fully saturated rings. The average molecular weight is 269 g/mol. The molecule has 0 bridgehead atoms. The maximum atomic E-state index is 12.2. The highest BCUT2D eigenvalue weighted by Gasteiger charge is 2.42. The van der Waals surface area contributed by atoms with Crippen molar-refractivity contribution in [2.45, 2.75) is 58.2 Å². The van der Waals surface area contributed by atoms with Gasteiger partial charge in [-0.3, -0.25) is 4.90 Å². The van der Waals surface area contributed by atoms with Gasteiger partial charge >= 0.3 is 6.09 Å². The van der Waals surface area contributed by atoms with Crippen molar-refractivity contribution >= 4 is 6.09 Å². The molecule has 0 N–H and O–H groups in total. The van der Waals surface area contributed by atoms with Gasteiger partial charge < -0.3 is 14.2 Å². The van der Waals surface area contributed by atoms with Gasteiger partial charge in [-0.2, -0.15) is 0 Å². The van der Waals surface area contributed by atoms with Crippen LogP contribution in [0.3, 0.4) is 0 Å². The number of carbonyl (C=O) groups excluding carboxylic acids is 1. The van der Waals surface area contributed by atoms with Crippen LogP contribution in [0.4, 0.5) is 4.79 Å². The highest BCUT2D eigenvalue weighted by Crippen LogP contribution is 2.29. The largest absolute Gasteiger partial charge is 0.444 e. The van der Waals surface area contributed by atoms with Gasteiger partial charge in [0.05, 0.1) is 12.6 Å². The second-order valence-electron chi connectivity index (χ2n) is 6.42. The third-order valence-corrected chi connectivity index (χ3v) is 3.06. The fraction of sp³-hybridized carbons (Fsp3) is 0.786. The number of hydrogen-bond acceptors (Lipinski definition) is 4. The van der Waals surface area contributed by atoms with E-state index in [9.17, 15) is 4.79 Å². The number of hydrogen-bond donors (Lipinski definition) is 0. The van der Waals surface area contributed by atoms with Crippen LogP contribution in [0.1, 0.15) is 34.6 Å². The first kappa shape index (κ1) is 14.3. The van der Waals surface area contributed by atoms with Crippen LogP contribution in [-0.4, -0.2) is 47.7 Å². The normalized spacial score (nSPS) is 29.8. The lowest BCUT2D eigenvalue weighted by Gasteiger charge is -2.46. The van der Waals surface area contributed by atoms with Crippen molar-refractivity contribution in [1.82, 2.24) is 4.90 Å². The number of carbonyl (C=O) groups is 1. The molecular weight excluding hydrogens is 246 g/mol. The van der Waals surface area contributed by atoms with E-state index >= 15 is 0 Å². The van der Waals surface area contributed by atoms with Gasteiger partial charge in [-0.25, -0.2) is 4.79 Å². The highest BCUT2D eigenvalue weighted by molar-refractivity contribution is 5.69. The molecular formula is C14H23NO4. The van der Waals surface area contributed by atoms with Crippen LogP contribution in [0.25, 0.3) is 0 Å². The molecule has 0 aromatic rings. The summed E-state index contributed by atoms with van der Waals surface area (Å²) in [7, 11) is 0. The van der Waals surface area contributed by atoms with Crippen LogP contribution in [0.15, 0.2) is 12.2 Å². The molecule has 5 nitrogen and oxygen atoms in total. The number of ether oxygens (including phenoxy) is 3. The molecule has 2 atom stereocenters. The molecule has 0 aromatic heterocycles. The third-order valence-electron chi connectivity index (χ3n) is 3.06. The van der Waals surface area contributed by atoms with Gasteiger partial charge in [-0.05, 0) is 34.6 Å². The molecule has 1 saturated heterocycles. The zero-order valence-electron chi connectivity index (χ0n) is 12.3. The van der Waals surface area contributed by atoms with Crippen molar-refractivity contribution in [2.75, 3.05) is 13.2 Å². The lowest BCUT2D eigenvalue weighted by Crippen LogP contribution is -2.59. The monoisotopic (exact) mass is 269 g/mol. The van der Waals surface area contributed by atoms with Gasteiger partial charge in [0.25, 0.3) is 0 Å². The summed E-state index contributed by atoms with van der Waals surface area (Å²) in [5.41, 5.74) is -0.497. The fourth-order valence-electron chi connectivity index (χ4n) is 2.23. The molecule has 2 heterocycles. The Morgan fingerprint density at radius 1 is 1.42 bits per heavy atom. The zero-order chi connectivity index (χ0) is 14.3. The van der Waals surface area contributed by atoms with E-state index in [0.29, 0.717) is 13.2 Å². The van der Waals surface area contributed by atoms with Crippen LogP contribution in [0.5, 0.6) is 0 Å². The Bertz CT molecular complexity index is 383. The van der Waals surface area contributed by atoms with Crippen molar-refractivity contribution in [1.29, 1.82) is 0 Å². The number of amides is 1. The lowest BCUT2D eigenvalue weighted by atomic mass is 10.0. The Morgan fingerprint density at radius 3 is 2.74 bits per heavy atom. The summed E-state index contributed by atoms with van der Waals surface area (Å²) in [4.78, 5) is 13.9. The van der Waals surface area contributed by atoms with Crippen LogP contribution >= 0.6 is 0 Å². The molecule has 0 aliphatic carbocycles. The molecule has 2 aliphatic heterocycles. The van der Waals surface area contributed by atoms with Gasteiger partial charge in [-0.15, -0.1) is 0 Å². The molecule has 1 amide bonds. The molecule has 108 valence electrons. The smallest absolute Gasteiger partial charge is 0.411 e. The standard InChI is InChI=1S/C14H23NO4/c1-13(2,3)19-12(16)15-8-6-7-11-10(15)9-17-14(4,5)18-11/h6-7,10-11H,8-9H2,1-5H3/t10-,11+/m0/s1. The Morgan fingerprint density at radius 2 is 2.11 bits per heavy atom. The van der Waals surface area contributed by atoms with Gasteiger partial charge in [-0.1, -0.05) is 12.2 Å². The van der Waals surface area contributed by atoms with E-state index in [2.05, 4.69) is 0 Å². The van der Waals surface area contributed by atoms with E-state index in [-0.39, 0.29) is 18.2 Å². The van der Waals surface area contributed by atoms with E-state index in [1.54, 1.807) is 4.90 Å². The van der Waals surface area contributed by atoms with E-state index < -0.39 is 11.4 Å². The zero-order valence-corrected chi connectivity index (χ0v) is 12.3. The van der Waals surface area contributed by atoms with Gasteiger partial charge in [0, 0.05) is 6.54 Å². The summed E-state index contributed by atoms with van der Waals surface area (Å²) in [6.45, 7) is 10.3. The summed E-state index contributed by atoms with van der Waals surface area (Å²) in [6, 6.07) is -0.118. The first-order chi connectivity index (χ1) is 8.68. The molecule has 19 heavy (non-hydrogen) atoms. The van der Waals surface area contributed by atoms with Crippen molar-refractivity contribution < 1.29 is 19.0 Å². The number of fused-ring (bicyclic) bond motifs is 1. The van der Waals surface area contributed by atoms with E-state index in [4.69, 9.17) is 14.2 Å². The Hall–Kier alpha value is -1.07. The van der Waals surface area contributed by atoms with Gasteiger partial charge in [0.15, 0.2) is 5.79 Å². The van der Waals surface area contributed by atoms with Crippen molar-refractivity contribution in [3.05, 3.63) is 12.2 Å².